The standard InChI is InChI=1S/C24H19N7/c1-3-8-19(9-4-1)16-30-17-22(23(29-30)21-12-7-13-25-14-21)15-27-31-18-26-28-24(31)20-10-5-2-6-11-20/h1-15,17-18H,16H2/b27-15-. The highest BCUT2D eigenvalue weighted by Crippen LogP contribution is 2.21. The Morgan fingerprint density at radius 2 is 1.65 bits per heavy atom. The molecule has 0 N–H and O–H groups in total. The van der Waals surface area contributed by atoms with Crippen molar-refractivity contribution in [3.8, 4) is 22.6 Å². The molecule has 0 unspecified atom stereocenters. The molecule has 7 nitrogen and oxygen atoms in total. The molecular weight excluding hydrogens is 386 g/mol. The minimum atomic E-state index is 0.670. The number of hydrogen-bond donors (Lipinski definition) is 0. The maximum atomic E-state index is 4.80. The molecule has 7 heteroatoms. The van der Waals surface area contributed by atoms with Crippen molar-refractivity contribution in [2.75, 3.05) is 0 Å². The highest BCUT2D eigenvalue weighted by molar-refractivity contribution is 5.88. The van der Waals surface area contributed by atoms with Crippen LogP contribution in [0.1, 0.15) is 11.1 Å². The molecule has 0 saturated carbocycles. The Bertz CT molecular complexity index is 1290. The smallest absolute Gasteiger partial charge is 0.184 e. The van der Waals surface area contributed by atoms with Gasteiger partial charge in [-0.1, -0.05) is 60.7 Å². The zero-order valence-electron chi connectivity index (χ0n) is 16.7. The van der Waals surface area contributed by atoms with E-state index >= 15 is 0 Å². The maximum absolute atomic E-state index is 4.80. The van der Waals surface area contributed by atoms with Crippen molar-refractivity contribution in [3.05, 3.63) is 109 Å². The molecule has 3 aromatic heterocycles. The van der Waals surface area contributed by atoms with Crippen LogP contribution < -0.4 is 0 Å². The van der Waals surface area contributed by atoms with E-state index in [0.717, 1.165) is 22.4 Å². The zero-order valence-corrected chi connectivity index (χ0v) is 16.7. The summed E-state index contributed by atoms with van der Waals surface area (Å²) in [5.41, 5.74) is 4.77. The van der Waals surface area contributed by atoms with E-state index in [1.54, 1.807) is 29.6 Å². The molecule has 5 aromatic rings. The number of nitrogens with zero attached hydrogens (tertiary/aromatic N) is 7. The summed E-state index contributed by atoms with van der Waals surface area (Å²) < 4.78 is 3.58. The molecule has 0 aliphatic carbocycles. The van der Waals surface area contributed by atoms with Crippen LogP contribution in [0.25, 0.3) is 22.6 Å². The summed E-state index contributed by atoms with van der Waals surface area (Å²) in [6, 6.07) is 24.0. The predicted octanol–water partition coefficient (Wildman–Crippen LogP) is 4.13. The van der Waals surface area contributed by atoms with Gasteiger partial charge >= 0.3 is 0 Å². The van der Waals surface area contributed by atoms with Crippen LogP contribution in [0, 0.1) is 0 Å². The SMILES string of the molecule is C(=N/n1cnnc1-c1ccccc1)/c1cn(Cc2ccccc2)nc1-c1cccnc1. The Hall–Kier alpha value is -4.39. The average molecular weight is 405 g/mol. The molecule has 3 heterocycles. The second-order valence-corrected chi connectivity index (χ2v) is 6.97. The normalized spacial score (nSPS) is 11.2. The lowest BCUT2D eigenvalue weighted by Crippen LogP contribution is -2.00. The van der Waals surface area contributed by atoms with Crippen LogP contribution >= 0.6 is 0 Å². The first-order chi connectivity index (χ1) is 15.4. The molecule has 5 rings (SSSR count). The van der Waals surface area contributed by atoms with E-state index in [-0.39, 0.29) is 0 Å². The minimum absolute atomic E-state index is 0.670. The van der Waals surface area contributed by atoms with Crippen molar-refractivity contribution in [2.24, 2.45) is 5.10 Å². The van der Waals surface area contributed by atoms with Crippen LogP contribution in [-0.4, -0.2) is 35.9 Å². The van der Waals surface area contributed by atoms with E-state index < -0.39 is 0 Å². The molecule has 0 bridgehead atoms. The van der Waals surface area contributed by atoms with Gasteiger partial charge in [-0.25, -0.2) is 0 Å². The van der Waals surface area contributed by atoms with Crippen LogP contribution in [0.4, 0.5) is 0 Å². The summed E-state index contributed by atoms with van der Waals surface area (Å²) in [6.45, 7) is 0.670. The van der Waals surface area contributed by atoms with Crippen LogP contribution in [-0.2, 0) is 6.54 Å². The van der Waals surface area contributed by atoms with Gasteiger partial charge in [-0.2, -0.15) is 14.9 Å². The molecule has 0 atom stereocenters. The van der Waals surface area contributed by atoms with Gasteiger partial charge < -0.3 is 0 Å². The Morgan fingerprint density at radius 3 is 2.42 bits per heavy atom. The van der Waals surface area contributed by atoms with Gasteiger partial charge in [0, 0.05) is 35.3 Å². The number of hydrogen-bond acceptors (Lipinski definition) is 5. The van der Waals surface area contributed by atoms with Crippen molar-refractivity contribution in [1.82, 2.24) is 29.6 Å². The summed E-state index contributed by atoms with van der Waals surface area (Å²) in [5, 5.41) is 17.6. The summed E-state index contributed by atoms with van der Waals surface area (Å²) in [5.74, 6) is 0.677. The first-order valence-electron chi connectivity index (χ1n) is 9.88. The third kappa shape index (κ3) is 4.16. The van der Waals surface area contributed by atoms with E-state index in [4.69, 9.17) is 5.10 Å². The number of benzene rings is 2. The van der Waals surface area contributed by atoms with E-state index in [9.17, 15) is 0 Å². The van der Waals surface area contributed by atoms with Crippen LogP contribution in [0.3, 0.4) is 0 Å². The minimum Gasteiger partial charge on any atom is -0.267 e. The van der Waals surface area contributed by atoms with E-state index in [2.05, 4.69) is 32.4 Å². The number of aromatic nitrogens is 6. The second-order valence-electron chi connectivity index (χ2n) is 6.97. The quantitative estimate of drug-likeness (QED) is 0.398. The summed E-state index contributed by atoms with van der Waals surface area (Å²) in [4.78, 5) is 4.24. The average Bonchev–Trinajstić information content (AvgIpc) is 3.46. The van der Waals surface area contributed by atoms with E-state index in [1.807, 2.05) is 71.5 Å². The van der Waals surface area contributed by atoms with Gasteiger partial charge in [0.15, 0.2) is 5.82 Å². The van der Waals surface area contributed by atoms with Gasteiger partial charge in [0.25, 0.3) is 0 Å². The fourth-order valence-electron chi connectivity index (χ4n) is 3.33. The lowest BCUT2D eigenvalue weighted by Gasteiger charge is -2.01. The van der Waals surface area contributed by atoms with Crippen molar-refractivity contribution < 1.29 is 0 Å². The van der Waals surface area contributed by atoms with Crippen molar-refractivity contribution in [1.29, 1.82) is 0 Å². The van der Waals surface area contributed by atoms with Crippen molar-refractivity contribution >= 4 is 6.21 Å². The molecule has 150 valence electrons. The van der Waals surface area contributed by atoms with Crippen LogP contribution in [0.5, 0.6) is 0 Å². The highest BCUT2D eigenvalue weighted by Gasteiger charge is 2.11. The zero-order chi connectivity index (χ0) is 20.9. The first kappa shape index (κ1) is 18.6. The molecule has 2 aromatic carbocycles. The first-order valence-corrected chi connectivity index (χ1v) is 9.88. The molecule has 0 amide bonds. The molecule has 0 radical (unpaired) electrons. The second kappa shape index (κ2) is 8.54. The molecule has 31 heavy (non-hydrogen) atoms. The molecule has 0 aliphatic heterocycles. The summed E-state index contributed by atoms with van der Waals surface area (Å²) >= 11 is 0. The Balaban J connectivity index is 1.51. The molecule has 0 spiro atoms. The Kier molecular flexibility index (Phi) is 5.13. The fourth-order valence-corrected chi connectivity index (χ4v) is 3.33. The third-order valence-electron chi connectivity index (χ3n) is 4.80. The largest absolute Gasteiger partial charge is 0.267 e. The highest BCUT2D eigenvalue weighted by atomic mass is 15.4. The molecular formula is C24H19N7. The van der Waals surface area contributed by atoms with E-state index in [1.165, 1.54) is 5.56 Å². The van der Waals surface area contributed by atoms with Crippen molar-refractivity contribution in [3.63, 3.8) is 0 Å². The molecule has 0 fully saturated rings. The lowest BCUT2D eigenvalue weighted by molar-refractivity contribution is 0.689. The number of rotatable bonds is 6. The Labute approximate surface area is 179 Å². The van der Waals surface area contributed by atoms with Gasteiger partial charge in [-0.15, -0.1) is 10.2 Å². The van der Waals surface area contributed by atoms with Crippen LogP contribution in [0.2, 0.25) is 0 Å². The summed E-state index contributed by atoms with van der Waals surface area (Å²) in [7, 11) is 0. The lowest BCUT2D eigenvalue weighted by atomic mass is 10.1. The molecule has 0 saturated heterocycles. The predicted molar refractivity (Wildman–Crippen MR) is 119 cm³/mol. The molecule has 0 aliphatic rings. The summed E-state index contributed by atoms with van der Waals surface area (Å²) in [6.07, 6.45) is 8.93. The van der Waals surface area contributed by atoms with Crippen LogP contribution in [0.15, 0.2) is 103 Å². The van der Waals surface area contributed by atoms with Gasteiger partial charge in [-0.05, 0) is 17.7 Å². The van der Waals surface area contributed by atoms with Crippen molar-refractivity contribution in [2.45, 2.75) is 6.54 Å². The van der Waals surface area contributed by atoms with Gasteiger partial charge in [0.2, 0.25) is 0 Å². The van der Waals surface area contributed by atoms with E-state index in [0.29, 0.717) is 12.4 Å². The van der Waals surface area contributed by atoms with Gasteiger partial charge in [0.1, 0.15) is 12.0 Å². The Morgan fingerprint density at radius 1 is 0.871 bits per heavy atom. The topological polar surface area (TPSA) is 73.8 Å². The van der Waals surface area contributed by atoms with Gasteiger partial charge in [-0.3, -0.25) is 9.67 Å². The fraction of sp³-hybridized carbons (Fsp3) is 0.0417. The third-order valence-corrected chi connectivity index (χ3v) is 4.80. The van der Waals surface area contributed by atoms with Gasteiger partial charge in [0.05, 0.1) is 12.8 Å². The maximum Gasteiger partial charge on any atom is 0.184 e. The number of pyridine rings is 1. The monoisotopic (exact) mass is 405 g/mol.